The Balaban J connectivity index is 5.24. The van der Waals surface area contributed by atoms with E-state index in [0.717, 1.165) is 108 Å². The van der Waals surface area contributed by atoms with Crippen molar-refractivity contribution >= 4 is 39.5 Å². The van der Waals surface area contributed by atoms with E-state index in [1.54, 1.807) is 0 Å². The summed E-state index contributed by atoms with van der Waals surface area (Å²) < 4.78 is 68.6. The molecule has 576 valence electrons. The number of unbranched alkanes of at least 4 members (excludes halogenated alkanes) is 43. The number of hydrogen-bond acceptors (Lipinski definition) is 15. The molecule has 3 unspecified atom stereocenters. The predicted octanol–water partition coefficient (Wildman–Crippen LogP) is 23.0. The van der Waals surface area contributed by atoms with Crippen molar-refractivity contribution in [2.24, 2.45) is 17.8 Å². The van der Waals surface area contributed by atoms with Crippen molar-refractivity contribution in [3.05, 3.63) is 0 Å². The van der Waals surface area contributed by atoms with Crippen LogP contribution in [-0.4, -0.2) is 96.7 Å². The average molecular weight is 1420 g/mol. The number of carbonyl (C=O) groups excluding carboxylic acids is 4. The molecule has 0 aromatic rings. The Kier molecular flexibility index (Phi) is 67.1. The fraction of sp³-hybridized carbons (Fsp3) is 0.949. The molecule has 97 heavy (non-hydrogen) atoms. The number of ether oxygens (including phenoxy) is 4. The number of aliphatic hydroxyl groups is 1. The van der Waals surface area contributed by atoms with Crippen molar-refractivity contribution in [2.45, 2.75) is 420 Å². The minimum atomic E-state index is -4.96. The lowest BCUT2D eigenvalue weighted by molar-refractivity contribution is -0.161. The number of esters is 4. The molecular formula is C78H152O17P2. The van der Waals surface area contributed by atoms with Crippen LogP contribution in [0.1, 0.15) is 402 Å². The highest BCUT2D eigenvalue weighted by atomic mass is 31.2. The molecule has 0 aromatic carbocycles. The highest BCUT2D eigenvalue weighted by molar-refractivity contribution is 7.47. The SMILES string of the molecule is CCCCCCCCCCCCC(=O)OC[C@H](COP(=O)(O)OC[C@H](O)COP(=O)(O)OC[C@@H](COC(=O)CCCCCCCCCCCCCCCC(C)C)OC(=O)CCCCCCCCCCCCCCCCCCC(C)C)OC(=O)CCCCCCCCCCC(C)CC. The zero-order valence-corrected chi connectivity index (χ0v) is 65.3. The largest absolute Gasteiger partial charge is 0.472 e. The van der Waals surface area contributed by atoms with Crippen LogP contribution in [0.25, 0.3) is 0 Å². The second-order valence-corrected chi connectivity index (χ2v) is 32.2. The second-order valence-electron chi connectivity index (χ2n) is 29.3. The standard InChI is InChI=1S/C78H152O17P2/c1-8-10-11-12-13-14-30-38-45-52-59-75(80)88-66-74(95-78(83)62-55-48-41-34-33-37-44-51-58-71(7)9-2)68-93-97(86,87)91-64-72(79)63-90-96(84,85)92-67-73(65-89-76(81)60-53-46-39-31-26-23-19-21-25-29-36-43-50-57-70(5)6)94-77(82)61-54-47-40-32-27-22-18-16-15-17-20-24-28-35-42-49-56-69(3)4/h69-74,79H,8-68H2,1-7H3,(H,84,85)(H,86,87)/t71?,72-,73-,74-/m1/s1. The lowest BCUT2D eigenvalue weighted by Gasteiger charge is -2.21. The average Bonchev–Trinajstić information content (AvgIpc) is 1.26. The Morgan fingerprint density at radius 1 is 0.299 bits per heavy atom. The van der Waals surface area contributed by atoms with Gasteiger partial charge in [0, 0.05) is 25.7 Å². The van der Waals surface area contributed by atoms with Gasteiger partial charge in [0.15, 0.2) is 12.2 Å². The Labute approximate surface area is 594 Å². The molecule has 0 saturated carbocycles. The maximum Gasteiger partial charge on any atom is 0.472 e. The van der Waals surface area contributed by atoms with Crippen LogP contribution >= 0.6 is 15.6 Å². The fourth-order valence-corrected chi connectivity index (χ4v) is 13.5. The summed E-state index contributed by atoms with van der Waals surface area (Å²) in [7, 11) is -9.91. The van der Waals surface area contributed by atoms with Gasteiger partial charge in [-0.25, -0.2) is 9.13 Å². The quantitative estimate of drug-likeness (QED) is 0.0222. The first kappa shape index (κ1) is 95.1. The normalized spacial score (nSPS) is 14.3. The van der Waals surface area contributed by atoms with E-state index < -0.39 is 97.5 Å². The first-order valence-electron chi connectivity index (χ1n) is 40.4. The number of rotatable bonds is 76. The summed E-state index contributed by atoms with van der Waals surface area (Å²) in [5.74, 6) is 0.254. The third kappa shape index (κ3) is 70.9. The van der Waals surface area contributed by atoms with Crippen LogP contribution in [0.5, 0.6) is 0 Å². The van der Waals surface area contributed by atoms with Gasteiger partial charge in [-0.15, -0.1) is 0 Å². The minimum Gasteiger partial charge on any atom is -0.462 e. The van der Waals surface area contributed by atoms with E-state index in [0.29, 0.717) is 25.7 Å². The van der Waals surface area contributed by atoms with Crippen molar-refractivity contribution in [3.63, 3.8) is 0 Å². The van der Waals surface area contributed by atoms with Crippen molar-refractivity contribution in [1.29, 1.82) is 0 Å². The van der Waals surface area contributed by atoms with Gasteiger partial charge in [0.05, 0.1) is 26.4 Å². The molecule has 0 spiro atoms. The molecule has 19 heteroatoms. The third-order valence-corrected chi connectivity index (χ3v) is 20.4. The van der Waals surface area contributed by atoms with Crippen LogP contribution in [0, 0.1) is 17.8 Å². The van der Waals surface area contributed by atoms with Crippen LogP contribution < -0.4 is 0 Å². The molecule has 0 bridgehead atoms. The molecule has 0 amide bonds. The van der Waals surface area contributed by atoms with Crippen LogP contribution in [0.4, 0.5) is 0 Å². The summed E-state index contributed by atoms with van der Waals surface area (Å²) in [5.41, 5.74) is 0. The van der Waals surface area contributed by atoms with Crippen LogP contribution in [0.15, 0.2) is 0 Å². The van der Waals surface area contributed by atoms with E-state index in [4.69, 9.17) is 37.0 Å². The van der Waals surface area contributed by atoms with Crippen LogP contribution in [0.3, 0.4) is 0 Å². The van der Waals surface area contributed by atoms with Crippen molar-refractivity contribution < 1.29 is 80.2 Å². The molecule has 0 aliphatic heterocycles. The number of aliphatic hydroxyl groups excluding tert-OH is 1. The highest BCUT2D eigenvalue weighted by Gasteiger charge is 2.30. The van der Waals surface area contributed by atoms with E-state index in [1.807, 2.05) is 0 Å². The number of phosphoric ester groups is 2. The third-order valence-electron chi connectivity index (χ3n) is 18.5. The summed E-state index contributed by atoms with van der Waals surface area (Å²) in [6.45, 7) is 12.0. The monoisotopic (exact) mass is 1420 g/mol. The predicted molar refractivity (Wildman–Crippen MR) is 395 cm³/mol. The summed E-state index contributed by atoms with van der Waals surface area (Å²) in [4.78, 5) is 72.9. The van der Waals surface area contributed by atoms with E-state index >= 15 is 0 Å². The van der Waals surface area contributed by atoms with E-state index in [9.17, 15) is 43.2 Å². The van der Waals surface area contributed by atoms with E-state index in [2.05, 4.69) is 48.5 Å². The van der Waals surface area contributed by atoms with Gasteiger partial charge in [-0.2, -0.15) is 0 Å². The maximum atomic E-state index is 13.1. The van der Waals surface area contributed by atoms with E-state index in [1.165, 1.54) is 212 Å². The topological polar surface area (TPSA) is 237 Å². The molecular weight excluding hydrogens is 1270 g/mol. The Morgan fingerprint density at radius 3 is 0.784 bits per heavy atom. The van der Waals surface area contributed by atoms with Crippen molar-refractivity contribution in [3.8, 4) is 0 Å². The molecule has 3 N–H and O–H groups in total. The van der Waals surface area contributed by atoms with Gasteiger partial charge >= 0.3 is 39.5 Å². The molecule has 0 fully saturated rings. The first-order chi connectivity index (χ1) is 46.8. The van der Waals surface area contributed by atoms with Gasteiger partial charge in [0.1, 0.15) is 19.3 Å². The lowest BCUT2D eigenvalue weighted by atomic mass is 9.99. The maximum absolute atomic E-state index is 13.1. The Hall–Kier alpha value is -1.94. The van der Waals surface area contributed by atoms with Gasteiger partial charge in [-0.05, 0) is 43.4 Å². The molecule has 0 heterocycles. The smallest absolute Gasteiger partial charge is 0.462 e. The van der Waals surface area contributed by atoms with Gasteiger partial charge in [0.2, 0.25) is 0 Å². The Morgan fingerprint density at radius 2 is 0.526 bits per heavy atom. The molecule has 6 atom stereocenters. The van der Waals surface area contributed by atoms with Crippen LogP contribution in [-0.2, 0) is 65.4 Å². The fourth-order valence-electron chi connectivity index (χ4n) is 11.9. The van der Waals surface area contributed by atoms with Crippen molar-refractivity contribution in [1.82, 2.24) is 0 Å². The molecule has 0 rings (SSSR count). The number of carbonyl (C=O) groups is 4. The van der Waals surface area contributed by atoms with Gasteiger partial charge in [-0.3, -0.25) is 37.3 Å². The minimum absolute atomic E-state index is 0.105. The zero-order valence-electron chi connectivity index (χ0n) is 63.5. The summed E-state index contributed by atoms with van der Waals surface area (Å²) in [6.07, 6.45) is 55.4. The number of hydrogen-bond donors (Lipinski definition) is 3. The zero-order chi connectivity index (χ0) is 71.6. The lowest BCUT2D eigenvalue weighted by Crippen LogP contribution is -2.30. The number of phosphoric acid groups is 2. The van der Waals surface area contributed by atoms with Crippen molar-refractivity contribution in [2.75, 3.05) is 39.6 Å². The summed E-state index contributed by atoms with van der Waals surface area (Å²) in [6, 6.07) is 0. The Bertz CT molecular complexity index is 1890. The molecule has 0 radical (unpaired) electrons. The molecule has 0 aliphatic carbocycles. The van der Waals surface area contributed by atoms with E-state index in [-0.39, 0.29) is 25.7 Å². The highest BCUT2D eigenvalue weighted by Crippen LogP contribution is 2.45. The second kappa shape index (κ2) is 68.5. The van der Waals surface area contributed by atoms with Gasteiger partial charge < -0.3 is 33.8 Å². The van der Waals surface area contributed by atoms with Crippen LogP contribution in [0.2, 0.25) is 0 Å². The molecule has 17 nitrogen and oxygen atoms in total. The van der Waals surface area contributed by atoms with Gasteiger partial charge in [0.25, 0.3) is 0 Å². The first-order valence-corrected chi connectivity index (χ1v) is 43.4. The van der Waals surface area contributed by atoms with Gasteiger partial charge in [-0.1, -0.05) is 350 Å². The summed E-state index contributed by atoms with van der Waals surface area (Å²) in [5, 5.41) is 10.6. The summed E-state index contributed by atoms with van der Waals surface area (Å²) >= 11 is 0. The molecule has 0 aromatic heterocycles. The molecule has 0 saturated heterocycles. The molecule has 0 aliphatic rings.